The van der Waals surface area contributed by atoms with Crippen LogP contribution in [-0.2, 0) is 13.1 Å². The van der Waals surface area contributed by atoms with Gasteiger partial charge in [-0.05, 0) is 55.3 Å². The number of nitrogens with one attached hydrogen (secondary N) is 1. The van der Waals surface area contributed by atoms with Crippen molar-refractivity contribution >= 4 is 17.3 Å². The molecule has 3 heteroatoms. The zero-order valence-electron chi connectivity index (χ0n) is 12.2. The second kappa shape index (κ2) is 6.97. The van der Waals surface area contributed by atoms with E-state index in [0.717, 1.165) is 23.8 Å². The fraction of sp³-hybridized carbons (Fsp3) is 0.333. The molecule has 1 N–H and O–H groups in total. The Morgan fingerprint density at radius 1 is 0.952 bits per heavy atom. The van der Waals surface area contributed by atoms with E-state index in [9.17, 15) is 0 Å². The zero-order chi connectivity index (χ0) is 14.5. The van der Waals surface area contributed by atoms with Gasteiger partial charge in [0.25, 0.3) is 0 Å². The Labute approximate surface area is 131 Å². The van der Waals surface area contributed by atoms with Crippen molar-refractivity contribution < 1.29 is 0 Å². The fourth-order valence-electron chi connectivity index (χ4n) is 2.76. The average molecular weight is 301 g/mol. The van der Waals surface area contributed by atoms with Gasteiger partial charge in [0.05, 0.1) is 0 Å². The summed E-state index contributed by atoms with van der Waals surface area (Å²) in [6, 6.07) is 16.7. The van der Waals surface area contributed by atoms with Crippen LogP contribution in [0.1, 0.15) is 24.0 Å². The number of benzene rings is 2. The fourth-order valence-corrected chi connectivity index (χ4v) is 2.95. The highest BCUT2D eigenvalue weighted by molar-refractivity contribution is 6.30. The zero-order valence-corrected chi connectivity index (χ0v) is 12.9. The third kappa shape index (κ3) is 4.23. The first-order chi connectivity index (χ1) is 10.3. The van der Waals surface area contributed by atoms with E-state index in [1.54, 1.807) is 0 Å². The molecule has 0 spiro atoms. The van der Waals surface area contributed by atoms with Crippen molar-refractivity contribution in [1.29, 1.82) is 0 Å². The van der Waals surface area contributed by atoms with E-state index in [-0.39, 0.29) is 0 Å². The lowest BCUT2D eigenvalue weighted by Crippen LogP contribution is -2.18. The van der Waals surface area contributed by atoms with E-state index in [1.165, 1.54) is 37.1 Å². The van der Waals surface area contributed by atoms with Gasteiger partial charge >= 0.3 is 0 Å². The van der Waals surface area contributed by atoms with Gasteiger partial charge in [-0.15, -0.1) is 0 Å². The number of hydrogen-bond acceptors (Lipinski definition) is 2. The maximum atomic E-state index is 5.98. The van der Waals surface area contributed by atoms with Crippen molar-refractivity contribution in [3.05, 3.63) is 64.7 Å². The lowest BCUT2D eigenvalue weighted by Gasteiger charge is -2.15. The Bertz CT molecular complexity index is 574. The highest BCUT2D eigenvalue weighted by Crippen LogP contribution is 2.17. The molecule has 0 aromatic heterocycles. The highest BCUT2D eigenvalue weighted by atomic mass is 35.5. The minimum atomic E-state index is 0.765. The van der Waals surface area contributed by atoms with Crippen molar-refractivity contribution in [3.63, 3.8) is 0 Å². The molecule has 21 heavy (non-hydrogen) atoms. The van der Waals surface area contributed by atoms with Gasteiger partial charge in [0, 0.05) is 23.8 Å². The lowest BCUT2D eigenvalue weighted by molar-refractivity contribution is 0.331. The molecule has 0 saturated carbocycles. The van der Waals surface area contributed by atoms with E-state index in [2.05, 4.69) is 34.5 Å². The van der Waals surface area contributed by atoms with Crippen molar-refractivity contribution in [3.8, 4) is 0 Å². The predicted octanol–water partition coefficient (Wildman–Crippen LogP) is 4.55. The number of rotatable bonds is 5. The largest absolute Gasteiger partial charge is 0.381 e. The number of nitrogens with zero attached hydrogens (tertiary/aromatic N) is 1. The van der Waals surface area contributed by atoms with Crippen molar-refractivity contribution in [2.75, 3.05) is 18.4 Å². The summed E-state index contributed by atoms with van der Waals surface area (Å²) in [5.41, 5.74) is 3.76. The van der Waals surface area contributed by atoms with Crippen LogP contribution in [0.4, 0.5) is 5.69 Å². The van der Waals surface area contributed by atoms with Crippen LogP contribution in [0.2, 0.25) is 5.02 Å². The molecule has 0 aliphatic carbocycles. The standard InChI is InChI=1S/C18H21ClN2/c19-17-4-3-5-18(12-17)20-13-15-6-8-16(9-7-15)14-21-10-1-2-11-21/h3-9,12,20H,1-2,10-11,13-14H2. The first kappa shape index (κ1) is 14.4. The van der Waals surface area contributed by atoms with Gasteiger partial charge in [-0.3, -0.25) is 4.90 Å². The molecule has 2 aromatic carbocycles. The summed E-state index contributed by atoms with van der Waals surface area (Å²) in [5.74, 6) is 0. The quantitative estimate of drug-likeness (QED) is 0.871. The molecule has 0 radical (unpaired) electrons. The first-order valence-electron chi connectivity index (χ1n) is 7.59. The normalized spacial score (nSPS) is 15.3. The van der Waals surface area contributed by atoms with Crippen LogP contribution in [0, 0.1) is 0 Å². The number of likely N-dealkylation sites (tertiary alicyclic amines) is 1. The molecule has 0 bridgehead atoms. The van der Waals surface area contributed by atoms with Crippen molar-refractivity contribution in [1.82, 2.24) is 4.90 Å². The summed E-state index contributed by atoms with van der Waals surface area (Å²) < 4.78 is 0. The number of hydrogen-bond donors (Lipinski definition) is 1. The molecule has 1 saturated heterocycles. The molecule has 1 fully saturated rings. The number of halogens is 1. The molecule has 1 heterocycles. The molecule has 0 unspecified atom stereocenters. The van der Waals surface area contributed by atoms with E-state index in [1.807, 2.05) is 24.3 Å². The molecule has 3 rings (SSSR count). The van der Waals surface area contributed by atoms with Crippen LogP contribution in [0.15, 0.2) is 48.5 Å². The molecular formula is C18H21ClN2. The van der Waals surface area contributed by atoms with E-state index < -0.39 is 0 Å². The van der Waals surface area contributed by atoms with Crippen LogP contribution >= 0.6 is 11.6 Å². The summed E-state index contributed by atoms with van der Waals surface area (Å²) in [4.78, 5) is 2.53. The van der Waals surface area contributed by atoms with Crippen LogP contribution in [-0.4, -0.2) is 18.0 Å². The Morgan fingerprint density at radius 3 is 2.38 bits per heavy atom. The summed E-state index contributed by atoms with van der Waals surface area (Å²) in [7, 11) is 0. The maximum absolute atomic E-state index is 5.98. The predicted molar refractivity (Wildman–Crippen MR) is 89.7 cm³/mol. The maximum Gasteiger partial charge on any atom is 0.0426 e. The van der Waals surface area contributed by atoms with Gasteiger partial charge in [-0.25, -0.2) is 0 Å². The number of anilines is 1. The molecule has 0 atom stereocenters. The Kier molecular flexibility index (Phi) is 4.79. The van der Waals surface area contributed by atoms with Crippen molar-refractivity contribution in [2.45, 2.75) is 25.9 Å². The van der Waals surface area contributed by atoms with Gasteiger partial charge in [0.1, 0.15) is 0 Å². The minimum absolute atomic E-state index is 0.765. The lowest BCUT2D eigenvalue weighted by atomic mass is 10.1. The monoisotopic (exact) mass is 300 g/mol. The molecule has 110 valence electrons. The van der Waals surface area contributed by atoms with Gasteiger partial charge in [0.2, 0.25) is 0 Å². The molecule has 0 amide bonds. The highest BCUT2D eigenvalue weighted by Gasteiger charge is 2.11. The first-order valence-corrected chi connectivity index (χ1v) is 7.97. The third-order valence-corrected chi connectivity index (χ3v) is 4.18. The summed E-state index contributed by atoms with van der Waals surface area (Å²) in [6.07, 6.45) is 2.70. The van der Waals surface area contributed by atoms with Crippen LogP contribution < -0.4 is 5.32 Å². The van der Waals surface area contributed by atoms with Crippen LogP contribution in [0.3, 0.4) is 0 Å². The Hall–Kier alpha value is -1.51. The van der Waals surface area contributed by atoms with Gasteiger partial charge in [-0.1, -0.05) is 41.9 Å². The van der Waals surface area contributed by atoms with Gasteiger partial charge < -0.3 is 5.32 Å². The molecule has 1 aliphatic rings. The second-order valence-electron chi connectivity index (χ2n) is 5.66. The van der Waals surface area contributed by atoms with Crippen LogP contribution in [0.25, 0.3) is 0 Å². The molecular weight excluding hydrogens is 280 g/mol. The smallest absolute Gasteiger partial charge is 0.0426 e. The van der Waals surface area contributed by atoms with E-state index in [4.69, 9.17) is 11.6 Å². The molecule has 1 aliphatic heterocycles. The molecule has 2 aromatic rings. The average Bonchev–Trinajstić information content (AvgIpc) is 3.00. The summed E-state index contributed by atoms with van der Waals surface area (Å²) in [6.45, 7) is 4.41. The second-order valence-corrected chi connectivity index (χ2v) is 6.10. The summed E-state index contributed by atoms with van der Waals surface area (Å²) >= 11 is 5.98. The van der Waals surface area contributed by atoms with Crippen molar-refractivity contribution in [2.24, 2.45) is 0 Å². The van der Waals surface area contributed by atoms with Gasteiger partial charge in [0.15, 0.2) is 0 Å². The Balaban J connectivity index is 1.54. The van der Waals surface area contributed by atoms with Crippen LogP contribution in [0.5, 0.6) is 0 Å². The SMILES string of the molecule is Clc1cccc(NCc2ccc(CN3CCCC3)cc2)c1. The van der Waals surface area contributed by atoms with E-state index >= 15 is 0 Å². The topological polar surface area (TPSA) is 15.3 Å². The van der Waals surface area contributed by atoms with Gasteiger partial charge in [-0.2, -0.15) is 0 Å². The van der Waals surface area contributed by atoms with E-state index in [0.29, 0.717) is 0 Å². The summed E-state index contributed by atoms with van der Waals surface area (Å²) in [5, 5.41) is 4.16. The third-order valence-electron chi connectivity index (χ3n) is 3.95. The molecule has 2 nitrogen and oxygen atoms in total. The minimum Gasteiger partial charge on any atom is -0.381 e. The Morgan fingerprint density at radius 2 is 1.67 bits per heavy atom.